The first-order valence-corrected chi connectivity index (χ1v) is 9.70. The summed E-state index contributed by atoms with van der Waals surface area (Å²) in [7, 11) is 0. The maximum Gasteiger partial charge on any atom is 0.0988 e. The zero-order valence-corrected chi connectivity index (χ0v) is 15.5. The van der Waals surface area contributed by atoms with E-state index in [0.29, 0.717) is 0 Å². The Morgan fingerprint density at radius 1 is 1.39 bits per heavy atom. The van der Waals surface area contributed by atoms with E-state index in [4.69, 9.17) is 17.2 Å². The number of anilines is 1. The summed E-state index contributed by atoms with van der Waals surface area (Å²) in [5.74, 6) is 0.812. The molecule has 1 aliphatic rings. The van der Waals surface area contributed by atoms with E-state index in [2.05, 4.69) is 41.0 Å². The first-order valence-electron chi connectivity index (χ1n) is 8.47. The molecule has 1 fully saturated rings. The van der Waals surface area contributed by atoms with E-state index in [1.807, 2.05) is 0 Å². The van der Waals surface area contributed by atoms with E-state index in [1.165, 1.54) is 35.4 Å². The summed E-state index contributed by atoms with van der Waals surface area (Å²) in [5, 5.41) is 3.77. The highest BCUT2D eigenvalue weighted by molar-refractivity contribution is 7.78. The molecule has 0 aliphatic carbocycles. The van der Waals surface area contributed by atoms with Gasteiger partial charge in [-0.25, -0.2) is 4.98 Å². The standard InChI is InChI=1S/C18H23N3S2/c1-3-4-5-18-20-15-10-16(21-8-6-13(2)7-9-21)14(19-12-22)11-17(15)23-18/h10-11,13H,3-9H2,1-2H3. The van der Waals surface area contributed by atoms with Gasteiger partial charge in [-0.15, -0.1) is 11.3 Å². The second-order valence-electron chi connectivity index (χ2n) is 6.39. The molecule has 5 heteroatoms. The Hall–Kier alpha value is -1.29. The summed E-state index contributed by atoms with van der Waals surface area (Å²) in [6.07, 6.45) is 5.93. The second kappa shape index (κ2) is 7.52. The summed E-state index contributed by atoms with van der Waals surface area (Å²) in [6.45, 7) is 6.71. The Bertz CT molecular complexity index is 723. The highest BCUT2D eigenvalue weighted by atomic mass is 32.1. The molecule has 0 spiro atoms. The van der Waals surface area contributed by atoms with Crippen LogP contribution < -0.4 is 4.90 Å². The van der Waals surface area contributed by atoms with Gasteiger partial charge in [0.1, 0.15) is 0 Å². The zero-order valence-electron chi connectivity index (χ0n) is 13.8. The largest absolute Gasteiger partial charge is 0.370 e. The molecule has 0 radical (unpaired) electrons. The van der Waals surface area contributed by atoms with E-state index in [0.717, 1.165) is 42.3 Å². The first-order chi connectivity index (χ1) is 11.2. The smallest absolute Gasteiger partial charge is 0.0988 e. The monoisotopic (exact) mass is 345 g/mol. The van der Waals surface area contributed by atoms with Gasteiger partial charge < -0.3 is 4.90 Å². The lowest BCUT2D eigenvalue weighted by Crippen LogP contribution is -2.32. The SMILES string of the molecule is CCCCc1nc2cc(N3CCC(C)CC3)c(N=C=S)cc2s1. The third-order valence-electron chi connectivity index (χ3n) is 4.56. The summed E-state index contributed by atoms with van der Waals surface area (Å²) in [6, 6.07) is 4.33. The molecule has 0 N–H and O–H groups in total. The van der Waals surface area contributed by atoms with Crippen LogP contribution in [-0.4, -0.2) is 23.2 Å². The third kappa shape index (κ3) is 3.79. The molecule has 0 bridgehead atoms. The van der Waals surface area contributed by atoms with Gasteiger partial charge in [-0.1, -0.05) is 20.3 Å². The van der Waals surface area contributed by atoms with Crippen molar-refractivity contribution in [2.75, 3.05) is 18.0 Å². The van der Waals surface area contributed by atoms with Crippen LogP contribution in [0.15, 0.2) is 17.1 Å². The normalized spacial score (nSPS) is 15.8. The molecule has 1 aromatic carbocycles. The number of nitrogens with zero attached hydrogens (tertiary/aromatic N) is 3. The Morgan fingerprint density at radius 2 is 2.17 bits per heavy atom. The number of thiocarbonyl (C=S) groups is 1. The molecule has 1 aliphatic heterocycles. The van der Waals surface area contributed by atoms with Crippen molar-refractivity contribution in [3.8, 4) is 0 Å². The fourth-order valence-electron chi connectivity index (χ4n) is 3.08. The highest BCUT2D eigenvalue weighted by Gasteiger charge is 2.20. The van der Waals surface area contributed by atoms with E-state index >= 15 is 0 Å². The number of thiazole rings is 1. The Balaban J connectivity index is 1.97. The van der Waals surface area contributed by atoms with E-state index in [9.17, 15) is 0 Å². The van der Waals surface area contributed by atoms with Crippen LogP contribution in [0.1, 0.15) is 44.5 Å². The maximum absolute atomic E-state index is 4.85. The molecule has 1 aromatic heterocycles. The lowest BCUT2D eigenvalue weighted by Gasteiger charge is -2.32. The van der Waals surface area contributed by atoms with Crippen LogP contribution in [0.2, 0.25) is 0 Å². The van der Waals surface area contributed by atoms with Crippen molar-refractivity contribution in [1.29, 1.82) is 0 Å². The molecule has 0 atom stereocenters. The first kappa shape index (κ1) is 16.6. The van der Waals surface area contributed by atoms with Gasteiger partial charge in [0.2, 0.25) is 0 Å². The number of fused-ring (bicyclic) bond motifs is 1. The highest BCUT2D eigenvalue weighted by Crippen LogP contribution is 2.37. The van der Waals surface area contributed by atoms with Gasteiger partial charge in [0.05, 0.1) is 31.8 Å². The van der Waals surface area contributed by atoms with Crippen molar-refractivity contribution < 1.29 is 0 Å². The van der Waals surface area contributed by atoms with Crippen LogP contribution in [0.25, 0.3) is 10.2 Å². The summed E-state index contributed by atoms with van der Waals surface area (Å²) in [5.41, 5.74) is 3.19. The molecule has 2 aromatic rings. The van der Waals surface area contributed by atoms with Gasteiger partial charge in [-0.05, 0) is 56.0 Å². The van der Waals surface area contributed by atoms with E-state index < -0.39 is 0 Å². The molecule has 1 saturated heterocycles. The van der Waals surface area contributed by atoms with Gasteiger partial charge >= 0.3 is 0 Å². The minimum atomic E-state index is 0.812. The Labute approximate surface area is 147 Å². The van der Waals surface area contributed by atoms with Crippen molar-refractivity contribution in [2.45, 2.75) is 46.0 Å². The molecule has 23 heavy (non-hydrogen) atoms. The van der Waals surface area contributed by atoms with E-state index in [1.54, 1.807) is 11.3 Å². The average Bonchev–Trinajstić information content (AvgIpc) is 2.95. The van der Waals surface area contributed by atoms with Gasteiger partial charge in [-0.2, -0.15) is 4.99 Å². The van der Waals surface area contributed by atoms with Crippen molar-refractivity contribution in [3.63, 3.8) is 0 Å². The van der Waals surface area contributed by atoms with Crippen LogP contribution in [0, 0.1) is 5.92 Å². The fourth-order valence-corrected chi connectivity index (χ4v) is 4.20. The average molecular weight is 346 g/mol. The number of aryl methyl sites for hydroxylation is 1. The predicted octanol–water partition coefficient (Wildman–Crippen LogP) is 5.61. The number of hydrogen-bond donors (Lipinski definition) is 0. The van der Waals surface area contributed by atoms with Gasteiger partial charge in [0, 0.05) is 13.1 Å². The predicted molar refractivity (Wildman–Crippen MR) is 104 cm³/mol. The van der Waals surface area contributed by atoms with Crippen molar-refractivity contribution in [1.82, 2.24) is 4.98 Å². The maximum atomic E-state index is 4.85. The Kier molecular flexibility index (Phi) is 5.42. The summed E-state index contributed by atoms with van der Waals surface area (Å²) in [4.78, 5) is 11.6. The van der Waals surface area contributed by atoms with E-state index in [-0.39, 0.29) is 0 Å². The third-order valence-corrected chi connectivity index (χ3v) is 5.73. The number of hydrogen-bond acceptors (Lipinski definition) is 5. The number of aliphatic imine (C=N–C) groups is 1. The van der Waals surface area contributed by atoms with Gasteiger partial charge in [0.15, 0.2) is 0 Å². The van der Waals surface area contributed by atoms with Crippen LogP contribution in [0.4, 0.5) is 11.4 Å². The van der Waals surface area contributed by atoms with Crippen LogP contribution in [0.3, 0.4) is 0 Å². The molecular weight excluding hydrogens is 322 g/mol. The Morgan fingerprint density at radius 3 is 2.87 bits per heavy atom. The summed E-state index contributed by atoms with van der Waals surface area (Å²) < 4.78 is 1.20. The topological polar surface area (TPSA) is 28.5 Å². The molecule has 0 unspecified atom stereocenters. The number of benzene rings is 1. The van der Waals surface area contributed by atoms with Crippen molar-refractivity contribution in [2.24, 2.45) is 10.9 Å². The number of piperidine rings is 1. The van der Waals surface area contributed by atoms with Crippen LogP contribution in [0.5, 0.6) is 0 Å². The number of unbranched alkanes of at least 4 members (excludes halogenated alkanes) is 1. The second-order valence-corrected chi connectivity index (χ2v) is 7.69. The van der Waals surface area contributed by atoms with Crippen molar-refractivity contribution >= 4 is 50.3 Å². The number of isothiocyanates is 1. The van der Waals surface area contributed by atoms with Gasteiger partial charge in [-0.3, -0.25) is 0 Å². The molecule has 3 rings (SSSR count). The van der Waals surface area contributed by atoms with Gasteiger partial charge in [0.25, 0.3) is 0 Å². The summed E-state index contributed by atoms with van der Waals surface area (Å²) >= 11 is 6.63. The molecule has 0 amide bonds. The molecule has 2 heterocycles. The quantitative estimate of drug-likeness (QED) is 0.521. The fraction of sp³-hybridized carbons (Fsp3) is 0.556. The molecular formula is C18H23N3S2. The number of aromatic nitrogens is 1. The lowest BCUT2D eigenvalue weighted by molar-refractivity contribution is 0.438. The van der Waals surface area contributed by atoms with Crippen molar-refractivity contribution in [3.05, 3.63) is 17.1 Å². The number of rotatable bonds is 5. The minimum absolute atomic E-state index is 0.812. The molecule has 122 valence electrons. The lowest BCUT2D eigenvalue weighted by atomic mass is 9.98. The molecule has 3 nitrogen and oxygen atoms in total. The zero-order chi connectivity index (χ0) is 16.2. The molecule has 0 saturated carbocycles. The van der Waals surface area contributed by atoms with Crippen LogP contribution in [-0.2, 0) is 6.42 Å². The van der Waals surface area contributed by atoms with Crippen LogP contribution >= 0.6 is 23.6 Å². The minimum Gasteiger partial charge on any atom is -0.370 e.